The fourth-order valence-electron chi connectivity index (χ4n) is 3.57. The average Bonchev–Trinajstić information content (AvgIpc) is 2.76. The summed E-state index contributed by atoms with van der Waals surface area (Å²) in [6.45, 7) is 0. The molecule has 0 bridgehead atoms. The third-order valence-corrected chi connectivity index (χ3v) is 5.19. The molecule has 2 atom stereocenters. The molecule has 160 valence electrons. The van der Waals surface area contributed by atoms with Gasteiger partial charge >= 0.3 is 0 Å². The Morgan fingerprint density at radius 1 is 1.10 bits per heavy atom. The monoisotopic (exact) mass is 422 g/mol. The first-order valence-corrected chi connectivity index (χ1v) is 10.0. The zero-order valence-corrected chi connectivity index (χ0v) is 16.8. The third-order valence-electron chi connectivity index (χ3n) is 5.19. The molecule has 3 aromatic rings. The number of anilines is 3. The summed E-state index contributed by atoms with van der Waals surface area (Å²) in [6.07, 6.45) is 7.68. The summed E-state index contributed by atoms with van der Waals surface area (Å²) in [5.41, 5.74) is 13.2. The molecule has 4 rings (SSSR count). The first-order valence-electron chi connectivity index (χ1n) is 10.0. The molecule has 1 aromatic carbocycles. The van der Waals surface area contributed by atoms with Gasteiger partial charge < -0.3 is 22.1 Å². The summed E-state index contributed by atoms with van der Waals surface area (Å²) in [6, 6.07) is 7.24. The van der Waals surface area contributed by atoms with Crippen molar-refractivity contribution >= 4 is 23.4 Å². The normalized spacial score (nSPS) is 18.4. The number of hydrogen-bond acceptors (Lipinski definition) is 8. The molecular formula is C21H23FN8O. The number of carbonyl (C=O) groups is 1. The smallest absolute Gasteiger partial charge is 0.254 e. The Balaban J connectivity index is 1.60. The highest BCUT2D eigenvalue weighted by Gasteiger charge is 2.23. The highest BCUT2D eigenvalue weighted by atomic mass is 19.1. The topological polar surface area (TPSA) is 145 Å². The SMILES string of the molecule is NC(=O)c1cnc(N[C@@H]2CCCC[C@@H]2N)nc1Nc1cccc(-c2ncc(F)cn2)c1. The van der Waals surface area contributed by atoms with Crippen LogP contribution in [-0.2, 0) is 0 Å². The van der Waals surface area contributed by atoms with E-state index in [9.17, 15) is 9.18 Å². The van der Waals surface area contributed by atoms with E-state index in [0.717, 1.165) is 38.1 Å². The number of amides is 1. The van der Waals surface area contributed by atoms with Crippen LogP contribution >= 0.6 is 0 Å². The summed E-state index contributed by atoms with van der Waals surface area (Å²) >= 11 is 0. The van der Waals surface area contributed by atoms with Gasteiger partial charge in [-0.3, -0.25) is 4.79 Å². The predicted molar refractivity (Wildman–Crippen MR) is 115 cm³/mol. The largest absolute Gasteiger partial charge is 0.365 e. The van der Waals surface area contributed by atoms with Crippen LogP contribution in [0.15, 0.2) is 42.9 Å². The maximum Gasteiger partial charge on any atom is 0.254 e. The van der Waals surface area contributed by atoms with Crippen molar-refractivity contribution in [3.05, 3.63) is 54.2 Å². The van der Waals surface area contributed by atoms with E-state index >= 15 is 0 Å². The van der Waals surface area contributed by atoms with Gasteiger partial charge in [-0.05, 0) is 25.0 Å². The Hall–Kier alpha value is -3.66. The number of nitrogens with one attached hydrogen (secondary N) is 2. The zero-order chi connectivity index (χ0) is 21.8. The molecule has 1 aliphatic carbocycles. The molecule has 0 saturated heterocycles. The Morgan fingerprint density at radius 2 is 1.87 bits per heavy atom. The summed E-state index contributed by atoms with van der Waals surface area (Å²) < 4.78 is 13.1. The minimum Gasteiger partial charge on any atom is -0.365 e. The van der Waals surface area contributed by atoms with Crippen LogP contribution in [0.25, 0.3) is 11.4 Å². The minimum atomic E-state index is -0.651. The molecule has 0 aliphatic heterocycles. The van der Waals surface area contributed by atoms with Crippen molar-refractivity contribution in [2.45, 2.75) is 37.8 Å². The molecule has 6 N–H and O–H groups in total. The van der Waals surface area contributed by atoms with Gasteiger partial charge in [0.05, 0.1) is 12.4 Å². The van der Waals surface area contributed by atoms with Crippen molar-refractivity contribution < 1.29 is 9.18 Å². The predicted octanol–water partition coefficient (Wildman–Crippen LogP) is 2.60. The molecule has 2 aromatic heterocycles. The maximum absolute atomic E-state index is 13.1. The second-order valence-electron chi connectivity index (χ2n) is 7.45. The minimum absolute atomic E-state index is 0.0250. The highest BCUT2D eigenvalue weighted by molar-refractivity contribution is 5.98. The Bertz CT molecular complexity index is 1080. The lowest BCUT2D eigenvalue weighted by Gasteiger charge is -2.29. The molecule has 10 heteroatoms. The summed E-state index contributed by atoms with van der Waals surface area (Å²) in [5, 5.41) is 6.38. The molecule has 31 heavy (non-hydrogen) atoms. The molecule has 0 spiro atoms. The van der Waals surface area contributed by atoms with Crippen molar-refractivity contribution in [2.24, 2.45) is 11.5 Å². The number of nitrogens with zero attached hydrogens (tertiary/aromatic N) is 4. The number of primary amides is 1. The van der Waals surface area contributed by atoms with Crippen molar-refractivity contribution in [2.75, 3.05) is 10.6 Å². The molecule has 9 nitrogen and oxygen atoms in total. The van der Waals surface area contributed by atoms with Crippen LogP contribution in [0.3, 0.4) is 0 Å². The number of aromatic nitrogens is 4. The fraction of sp³-hybridized carbons (Fsp3) is 0.286. The van der Waals surface area contributed by atoms with Crippen molar-refractivity contribution in [3.63, 3.8) is 0 Å². The lowest BCUT2D eigenvalue weighted by atomic mass is 9.91. The van der Waals surface area contributed by atoms with Gasteiger partial charge in [-0.2, -0.15) is 4.98 Å². The van der Waals surface area contributed by atoms with Crippen LogP contribution in [0.2, 0.25) is 0 Å². The summed E-state index contributed by atoms with van der Waals surface area (Å²) in [5.74, 6) is -0.153. The van der Waals surface area contributed by atoms with Crippen molar-refractivity contribution in [3.8, 4) is 11.4 Å². The second kappa shape index (κ2) is 9.00. The van der Waals surface area contributed by atoms with Gasteiger partial charge in [-0.25, -0.2) is 19.3 Å². The fourth-order valence-corrected chi connectivity index (χ4v) is 3.57. The number of nitrogens with two attached hydrogens (primary N) is 2. The molecule has 2 heterocycles. The van der Waals surface area contributed by atoms with Gasteiger partial charge in [-0.15, -0.1) is 0 Å². The quantitative estimate of drug-likeness (QED) is 0.474. The molecule has 0 unspecified atom stereocenters. The molecular weight excluding hydrogens is 399 g/mol. The highest BCUT2D eigenvalue weighted by Crippen LogP contribution is 2.25. The van der Waals surface area contributed by atoms with Crippen LogP contribution in [0.5, 0.6) is 0 Å². The molecule has 0 radical (unpaired) electrons. The van der Waals surface area contributed by atoms with E-state index in [0.29, 0.717) is 23.0 Å². The van der Waals surface area contributed by atoms with Crippen LogP contribution in [0.4, 0.5) is 21.8 Å². The van der Waals surface area contributed by atoms with E-state index in [4.69, 9.17) is 11.5 Å². The number of carbonyl (C=O) groups excluding carboxylic acids is 1. The van der Waals surface area contributed by atoms with E-state index in [1.165, 1.54) is 6.20 Å². The van der Waals surface area contributed by atoms with Crippen LogP contribution in [0, 0.1) is 5.82 Å². The molecule has 1 saturated carbocycles. The Labute approximate surface area is 178 Å². The van der Waals surface area contributed by atoms with Gasteiger partial charge in [0, 0.05) is 29.5 Å². The number of hydrogen-bond donors (Lipinski definition) is 4. The Kier molecular flexibility index (Phi) is 5.99. The van der Waals surface area contributed by atoms with Gasteiger partial charge in [0.25, 0.3) is 5.91 Å². The molecule has 1 amide bonds. The summed E-state index contributed by atoms with van der Waals surface area (Å²) in [4.78, 5) is 28.6. The van der Waals surface area contributed by atoms with E-state index in [1.807, 2.05) is 0 Å². The van der Waals surface area contributed by atoms with E-state index in [1.54, 1.807) is 24.3 Å². The standard InChI is InChI=1S/C21H23FN8O/c22-13-9-25-19(26-10-13)12-4-3-5-14(8-12)28-20-15(18(24)31)11-27-21(30-20)29-17-7-2-1-6-16(17)23/h3-5,8-11,16-17H,1-2,6-7,23H2,(H2,24,31)(H2,27,28,29,30)/t16-,17+/m0/s1. The van der Waals surface area contributed by atoms with Gasteiger partial charge in [0.1, 0.15) is 11.4 Å². The lowest BCUT2D eigenvalue weighted by molar-refractivity contribution is 0.100. The van der Waals surface area contributed by atoms with Crippen molar-refractivity contribution in [1.29, 1.82) is 0 Å². The molecule has 1 aliphatic rings. The van der Waals surface area contributed by atoms with E-state index in [2.05, 4.69) is 30.6 Å². The third kappa shape index (κ3) is 4.92. The van der Waals surface area contributed by atoms with Crippen LogP contribution < -0.4 is 22.1 Å². The Morgan fingerprint density at radius 3 is 2.61 bits per heavy atom. The molecule has 1 fully saturated rings. The van der Waals surface area contributed by atoms with Gasteiger partial charge in [0.15, 0.2) is 11.6 Å². The maximum atomic E-state index is 13.1. The second-order valence-corrected chi connectivity index (χ2v) is 7.45. The van der Waals surface area contributed by atoms with Crippen molar-refractivity contribution in [1.82, 2.24) is 19.9 Å². The average molecular weight is 422 g/mol. The van der Waals surface area contributed by atoms with Gasteiger partial charge in [0.2, 0.25) is 5.95 Å². The lowest BCUT2D eigenvalue weighted by Crippen LogP contribution is -2.43. The first-order chi connectivity index (χ1) is 15.0. The van der Waals surface area contributed by atoms with Gasteiger partial charge in [-0.1, -0.05) is 25.0 Å². The number of rotatable bonds is 6. The van der Waals surface area contributed by atoms with Crippen LogP contribution in [-0.4, -0.2) is 37.9 Å². The summed E-state index contributed by atoms with van der Waals surface area (Å²) in [7, 11) is 0. The first kappa shape index (κ1) is 20.6. The van der Waals surface area contributed by atoms with Crippen LogP contribution in [0.1, 0.15) is 36.0 Å². The zero-order valence-electron chi connectivity index (χ0n) is 16.8. The van der Waals surface area contributed by atoms with E-state index in [-0.39, 0.29) is 23.5 Å². The number of benzene rings is 1. The number of halogens is 1. The van der Waals surface area contributed by atoms with E-state index < -0.39 is 11.7 Å².